The Morgan fingerprint density at radius 2 is 2.10 bits per heavy atom. The Morgan fingerprint density at radius 3 is 2.65 bits per heavy atom. The van der Waals surface area contributed by atoms with Crippen LogP contribution in [0.3, 0.4) is 0 Å². The zero-order chi connectivity index (χ0) is 15.0. The lowest BCUT2D eigenvalue weighted by molar-refractivity contribution is -0.121. The number of nitrogens with zero attached hydrogens (tertiary/aromatic N) is 1. The summed E-state index contributed by atoms with van der Waals surface area (Å²) in [5.74, 6) is -0.0996. The molecule has 1 atom stereocenters. The predicted molar refractivity (Wildman–Crippen MR) is 77.4 cm³/mol. The van der Waals surface area contributed by atoms with Crippen LogP contribution in [0.2, 0.25) is 0 Å². The van der Waals surface area contributed by atoms with E-state index in [1.54, 1.807) is 11.0 Å². The molecule has 0 aliphatic carbocycles. The molecule has 0 unspecified atom stereocenters. The number of carbonyl (C=O) groups excluding carboxylic acids is 2. The van der Waals surface area contributed by atoms with Crippen molar-refractivity contribution in [3.05, 3.63) is 24.2 Å². The summed E-state index contributed by atoms with van der Waals surface area (Å²) in [6.45, 7) is 7.07. The molecule has 1 rings (SSSR count). The number of hydrogen-bond donors (Lipinski definition) is 1. The van der Waals surface area contributed by atoms with Gasteiger partial charge < -0.3 is 14.6 Å². The van der Waals surface area contributed by atoms with Crippen LogP contribution < -0.4 is 5.32 Å². The van der Waals surface area contributed by atoms with Crippen LogP contribution in [0.1, 0.15) is 50.4 Å². The largest absolute Gasteiger partial charge is 0.472 e. The standard InChI is InChI=1S/C15H24N2O3/c1-4-8-17(15(19)13-7-10-20-11-13)9-6-14(18)16-12(3)5-2/h7,10-12H,4-6,8-9H2,1-3H3,(H,16,18)/t12-/m0/s1. The Balaban J connectivity index is 2.51. The molecule has 0 spiro atoms. The van der Waals surface area contributed by atoms with Crippen LogP contribution >= 0.6 is 0 Å². The fraction of sp³-hybridized carbons (Fsp3) is 0.600. The van der Waals surface area contributed by atoms with Crippen molar-refractivity contribution < 1.29 is 14.0 Å². The molecule has 5 heteroatoms. The lowest BCUT2D eigenvalue weighted by atomic mass is 10.2. The average molecular weight is 280 g/mol. The predicted octanol–water partition coefficient (Wildman–Crippen LogP) is 2.44. The first-order valence-electron chi connectivity index (χ1n) is 7.19. The van der Waals surface area contributed by atoms with E-state index in [0.717, 1.165) is 12.8 Å². The van der Waals surface area contributed by atoms with Crippen molar-refractivity contribution >= 4 is 11.8 Å². The number of rotatable bonds is 8. The minimum atomic E-state index is -0.0862. The Morgan fingerprint density at radius 1 is 1.35 bits per heavy atom. The van der Waals surface area contributed by atoms with Gasteiger partial charge in [-0.25, -0.2) is 0 Å². The van der Waals surface area contributed by atoms with Gasteiger partial charge in [0, 0.05) is 25.6 Å². The highest BCUT2D eigenvalue weighted by Gasteiger charge is 2.17. The molecule has 112 valence electrons. The molecule has 5 nitrogen and oxygen atoms in total. The van der Waals surface area contributed by atoms with Crippen LogP contribution in [0.4, 0.5) is 0 Å². The lowest BCUT2D eigenvalue weighted by Gasteiger charge is -2.21. The topological polar surface area (TPSA) is 62.6 Å². The molecule has 0 aliphatic rings. The number of amides is 2. The van der Waals surface area contributed by atoms with Crippen molar-refractivity contribution in [3.63, 3.8) is 0 Å². The second-order valence-electron chi connectivity index (χ2n) is 4.93. The third-order valence-electron chi connectivity index (χ3n) is 3.18. The van der Waals surface area contributed by atoms with Gasteiger partial charge >= 0.3 is 0 Å². The molecule has 0 aliphatic heterocycles. The average Bonchev–Trinajstić information content (AvgIpc) is 2.96. The fourth-order valence-electron chi connectivity index (χ4n) is 1.84. The summed E-state index contributed by atoms with van der Waals surface area (Å²) < 4.78 is 4.93. The molecular weight excluding hydrogens is 256 g/mol. The second-order valence-corrected chi connectivity index (χ2v) is 4.93. The summed E-state index contributed by atoms with van der Waals surface area (Å²) in [6, 6.07) is 1.82. The van der Waals surface area contributed by atoms with Gasteiger partial charge in [-0.15, -0.1) is 0 Å². The first-order valence-corrected chi connectivity index (χ1v) is 7.19. The number of nitrogens with one attached hydrogen (secondary N) is 1. The van der Waals surface area contributed by atoms with Crippen molar-refractivity contribution in [2.45, 2.75) is 46.1 Å². The van der Waals surface area contributed by atoms with Crippen LogP contribution in [0.15, 0.2) is 23.0 Å². The Labute approximate surface area is 120 Å². The summed E-state index contributed by atoms with van der Waals surface area (Å²) in [7, 11) is 0. The number of furan rings is 1. The molecule has 2 amide bonds. The highest BCUT2D eigenvalue weighted by Crippen LogP contribution is 2.07. The summed E-state index contributed by atoms with van der Waals surface area (Å²) >= 11 is 0. The van der Waals surface area contributed by atoms with Crippen LogP contribution in [0, 0.1) is 0 Å². The summed E-state index contributed by atoms with van der Waals surface area (Å²) in [5, 5.41) is 2.91. The van der Waals surface area contributed by atoms with E-state index < -0.39 is 0 Å². The Hall–Kier alpha value is -1.78. The van der Waals surface area contributed by atoms with Crippen LogP contribution in [-0.2, 0) is 4.79 Å². The molecule has 1 heterocycles. The zero-order valence-corrected chi connectivity index (χ0v) is 12.5. The smallest absolute Gasteiger partial charge is 0.257 e. The molecule has 20 heavy (non-hydrogen) atoms. The van der Waals surface area contributed by atoms with Gasteiger partial charge in [0.25, 0.3) is 5.91 Å². The Kier molecular flexibility index (Phi) is 6.84. The van der Waals surface area contributed by atoms with Gasteiger partial charge in [0.15, 0.2) is 0 Å². The maximum atomic E-state index is 12.2. The fourth-order valence-corrected chi connectivity index (χ4v) is 1.84. The van der Waals surface area contributed by atoms with E-state index in [1.807, 2.05) is 20.8 Å². The lowest BCUT2D eigenvalue weighted by Crippen LogP contribution is -2.37. The normalized spacial score (nSPS) is 11.9. The van der Waals surface area contributed by atoms with Gasteiger partial charge in [-0.1, -0.05) is 13.8 Å². The number of hydrogen-bond acceptors (Lipinski definition) is 3. The maximum absolute atomic E-state index is 12.2. The molecule has 0 bridgehead atoms. The Bertz CT molecular complexity index is 415. The number of carbonyl (C=O) groups is 2. The molecule has 0 saturated carbocycles. The third-order valence-corrected chi connectivity index (χ3v) is 3.18. The molecule has 0 radical (unpaired) electrons. The highest BCUT2D eigenvalue weighted by atomic mass is 16.3. The first-order chi connectivity index (χ1) is 9.58. The molecule has 1 aromatic heterocycles. The van der Waals surface area contributed by atoms with Crippen molar-refractivity contribution in [1.29, 1.82) is 0 Å². The van der Waals surface area contributed by atoms with E-state index in [2.05, 4.69) is 5.32 Å². The molecule has 1 aromatic rings. The summed E-state index contributed by atoms with van der Waals surface area (Å²) in [4.78, 5) is 25.7. The highest BCUT2D eigenvalue weighted by molar-refractivity contribution is 5.94. The van der Waals surface area contributed by atoms with E-state index in [9.17, 15) is 9.59 Å². The quantitative estimate of drug-likeness (QED) is 0.795. The minimum Gasteiger partial charge on any atom is -0.472 e. The van der Waals surface area contributed by atoms with Gasteiger partial charge in [-0.05, 0) is 25.8 Å². The van der Waals surface area contributed by atoms with Gasteiger partial charge in [0.2, 0.25) is 5.91 Å². The van der Waals surface area contributed by atoms with E-state index in [1.165, 1.54) is 12.5 Å². The first kappa shape index (κ1) is 16.3. The van der Waals surface area contributed by atoms with Crippen molar-refractivity contribution in [2.75, 3.05) is 13.1 Å². The van der Waals surface area contributed by atoms with Crippen molar-refractivity contribution in [2.24, 2.45) is 0 Å². The summed E-state index contributed by atoms with van der Waals surface area (Å²) in [6.07, 6.45) is 5.00. The van der Waals surface area contributed by atoms with E-state index in [-0.39, 0.29) is 17.9 Å². The second kappa shape index (κ2) is 8.40. The molecular formula is C15H24N2O3. The SMILES string of the molecule is CCCN(CCC(=O)N[C@@H](C)CC)C(=O)c1ccoc1. The van der Waals surface area contributed by atoms with Crippen LogP contribution in [0.5, 0.6) is 0 Å². The van der Waals surface area contributed by atoms with E-state index >= 15 is 0 Å². The van der Waals surface area contributed by atoms with Crippen LogP contribution in [-0.4, -0.2) is 35.8 Å². The zero-order valence-electron chi connectivity index (χ0n) is 12.5. The van der Waals surface area contributed by atoms with Crippen LogP contribution in [0.25, 0.3) is 0 Å². The van der Waals surface area contributed by atoms with E-state index in [0.29, 0.717) is 25.1 Å². The molecule has 0 aromatic carbocycles. The molecule has 0 fully saturated rings. The van der Waals surface area contributed by atoms with E-state index in [4.69, 9.17) is 4.42 Å². The van der Waals surface area contributed by atoms with Crippen molar-refractivity contribution in [1.82, 2.24) is 10.2 Å². The summed E-state index contributed by atoms with van der Waals surface area (Å²) in [5.41, 5.74) is 0.529. The molecule has 1 N–H and O–H groups in total. The molecule has 0 saturated heterocycles. The monoisotopic (exact) mass is 280 g/mol. The third kappa shape index (κ3) is 5.07. The van der Waals surface area contributed by atoms with Gasteiger partial charge in [0.05, 0.1) is 11.8 Å². The van der Waals surface area contributed by atoms with Gasteiger partial charge in [0.1, 0.15) is 6.26 Å². The van der Waals surface area contributed by atoms with Crippen molar-refractivity contribution in [3.8, 4) is 0 Å². The maximum Gasteiger partial charge on any atom is 0.257 e. The van der Waals surface area contributed by atoms with Gasteiger partial charge in [-0.2, -0.15) is 0 Å². The van der Waals surface area contributed by atoms with Gasteiger partial charge in [-0.3, -0.25) is 9.59 Å². The minimum absolute atomic E-state index is 0.0135.